The number of carboxylic acids is 1. The molecule has 0 atom stereocenters. The Morgan fingerprint density at radius 3 is 2.47 bits per heavy atom. The Labute approximate surface area is 101 Å². The summed E-state index contributed by atoms with van der Waals surface area (Å²) in [5.41, 5.74) is 1.99. The van der Waals surface area contributed by atoms with Crippen LogP contribution < -0.4 is 10.8 Å². The monoisotopic (exact) mass is 247 g/mol. The van der Waals surface area contributed by atoms with Crippen LogP contribution >= 0.6 is 0 Å². The highest BCUT2D eigenvalue weighted by atomic mass is 16.7. The molecular weight excluding hydrogens is 226 g/mol. The summed E-state index contributed by atoms with van der Waals surface area (Å²) < 4.78 is 0. The number of carboxylic acid groups (broad SMARTS) is 1. The van der Waals surface area contributed by atoms with E-state index in [-0.39, 0.29) is 0 Å². The van der Waals surface area contributed by atoms with E-state index >= 15 is 0 Å². The highest BCUT2D eigenvalue weighted by Gasteiger charge is 2.02. The maximum atomic E-state index is 11.1. The summed E-state index contributed by atoms with van der Waals surface area (Å²) >= 11 is 0. The first-order valence-electron chi connectivity index (χ1n) is 5.69. The lowest BCUT2D eigenvalue weighted by Crippen LogP contribution is -2.38. The Morgan fingerprint density at radius 1 is 1.29 bits per heavy atom. The van der Waals surface area contributed by atoms with Crippen LogP contribution in [0.15, 0.2) is 0 Å². The largest absolute Gasteiger partial charge is 0.479 e. The van der Waals surface area contributed by atoms with Crippen molar-refractivity contribution in [2.75, 3.05) is 32.8 Å². The third-order valence-corrected chi connectivity index (χ3v) is 2.19. The van der Waals surface area contributed by atoms with Gasteiger partial charge in [0, 0.05) is 6.54 Å². The molecule has 2 amide bonds. The number of carbonyl (C=O) groups excluding carboxylic acids is 1. The second-order valence-corrected chi connectivity index (χ2v) is 3.42. The van der Waals surface area contributed by atoms with Crippen LogP contribution in [0, 0.1) is 0 Å². The summed E-state index contributed by atoms with van der Waals surface area (Å²) in [7, 11) is 0. The number of aliphatic carboxylic acids is 1. The van der Waals surface area contributed by atoms with E-state index in [9.17, 15) is 9.59 Å². The molecule has 100 valence electrons. The van der Waals surface area contributed by atoms with Crippen LogP contribution in [0.4, 0.5) is 4.79 Å². The molecule has 0 heterocycles. The van der Waals surface area contributed by atoms with E-state index in [1.165, 1.54) is 0 Å². The summed E-state index contributed by atoms with van der Waals surface area (Å²) in [6, 6.07) is -0.522. The van der Waals surface area contributed by atoms with Crippen molar-refractivity contribution in [3.8, 4) is 0 Å². The fraction of sp³-hybridized carbons (Fsp3) is 0.800. The van der Waals surface area contributed by atoms with E-state index in [2.05, 4.69) is 28.9 Å². The summed E-state index contributed by atoms with van der Waals surface area (Å²) in [4.78, 5) is 27.8. The van der Waals surface area contributed by atoms with Gasteiger partial charge in [-0.15, -0.1) is 0 Å². The molecule has 0 aromatic carbocycles. The predicted octanol–water partition coefficient (Wildman–Crippen LogP) is 0.0337. The molecule has 7 nitrogen and oxygen atoms in total. The molecule has 0 spiro atoms. The first kappa shape index (κ1) is 15.7. The van der Waals surface area contributed by atoms with E-state index in [1.807, 2.05) is 5.48 Å². The molecule has 0 rings (SSSR count). The normalized spacial score (nSPS) is 10.3. The third kappa shape index (κ3) is 9.58. The van der Waals surface area contributed by atoms with Gasteiger partial charge in [0.1, 0.15) is 0 Å². The van der Waals surface area contributed by atoms with Gasteiger partial charge in [0.25, 0.3) is 0 Å². The molecule has 0 bridgehead atoms. The summed E-state index contributed by atoms with van der Waals surface area (Å²) in [5, 5.41) is 10.8. The Morgan fingerprint density at radius 2 is 1.94 bits per heavy atom. The summed E-state index contributed by atoms with van der Waals surface area (Å²) in [6.45, 7) is 7.05. The van der Waals surface area contributed by atoms with Crippen molar-refractivity contribution >= 4 is 12.0 Å². The van der Waals surface area contributed by atoms with E-state index in [1.54, 1.807) is 0 Å². The number of hydrogen-bond donors (Lipinski definition) is 3. The SMILES string of the molecule is CCN(CC)CCCNC(=O)NOCC(=O)O. The van der Waals surface area contributed by atoms with Crippen molar-refractivity contribution in [2.24, 2.45) is 0 Å². The number of rotatable bonds is 9. The number of amides is 2. The van der Waals surface area contributed by atoms with E-state index in [4.69, 9.17) is 5.11 Å². The lowest BCUT2D eigenvalue weighted by Gasteiger charge is -2.17. The van der Waals surface area contributed by atoms with E-state index < -0.39 is 18.6 Å². The first-order valence-corrected chi connectivity index (χ1v) is 5.69. The van der Waals surface area contributed by atoms with Crippen molar-refractivity contribution in [1.82, 2.24) is 15.7 Å². The van der Waals surface area contributed by atoms with Crippen LogP contribution in [0.3, 0.4) is 0 Å². The second-order valence-electron chi connectivity index (χ2n) is 3.42. The van der Waals surface area contributed by atoms with Crippen LogP contribution in [0.2, 0.25) is 0 Å². The molecule has 17 heavy (non-hydrogen) atoms. The molecule has 3 N–H and O–H groups in total. The molecule has 0 unspecified atom stereocenters. The summed E-state index contributed by atoms with van der Waals surface area (Å²) in [6.07, 6.45) is 0.841. The molecule has 0 aliphatic heterocycles. The highest BCUT2D eigenvalue weighted by molar-refractivity contribution is 5.73. The molecule has 0 fully saturated rings. The molecule has 0 aliphatic rings. The topological polar surface area (TPSA) is 90.9 Å². The minimum atomic E-state index is -1.13. The average Bonchev–Trinajstić information content (AvgIpc) is 2.29. The minimum Gasteiger partial charge on any atom is -0.479 e. The van der Waals surface area contributed by atoms with E-state index in [0.29, 0.717) is 6.54 Å². The molecule has 0 saturated carbocycles. The van der Waals surface area contributed by atoms with Crippen LogP contribution in [0.25, 0.3) is 0 Å². The molecule has 0 radical (unpaired) electrons. The van der Waals surface area contributed by atoms with Crippen LogP contribution in [0.1, 0.15) is 20.3 Å². The maximum Gasteiger partial charge on any atom is 0.338 e. The van der Waals surface area contributed by atoms with Gasteiger partial charge in [0.05, 0.1) is 0 Å². The van der Waals surface area contributed by atoms with Gasteiger partial charge in [-0.2, -0.15) is 0 Å². The van der Waals surface area contributed by atoms with Crippen molar-refractivity contribution < 1.29 is 19.5 Å². The van der Waals surface area contributed by atoms with Crippen LogP contribution in [0.5, 0.6) is 0 Å². The Kier molecular flexibility index (Phi) is 9.08. The number of hydrogen-bond acceptors (Lipinski definition) is 4. The van der Waals surface area contributed by atoms with Crippen molar-refractivity contribution in [3.63, 3.8) is 0 Å². The van der Waals surface area contributed by atoms with Crippen LogP contribution in [-0.4, -0.2) is 54.8 Å². The third-order valence-electron chi connectivity index (χ3n) is 2.19. The lowest BCUT2D eigenvalue weighted by molar-refractivity contribution is -0.144. The maximum absolute atomic E-state index is 11.1. The van der Waals surface area contributed by atoms with E-state index in [0.717, 1.165) is 26.1 Å². The smallest absolute Gasteiger partial charge is 0.338 e. The number of carbonyl (C=O) groups is 2. The number of nitrogens with one attached hydrogen (secondary N) is 2. The Hall–Kier alpha value is -1.34. The predicted molar refractivity (Wildman–Crippen MR) is 62.5 cm³/mol. The van der Waals surface area contributed by atoms with Crippen molar-refractivity contribution in [1.29, 1.82) is 0 Å². The zero-order valence-corrected chi connectivity index (χ0v) is 10.4. The molecule has 0 aliphatic carbocycles. The number of nitrogens with zero attached hydrogens (tertiary/aromatic N) is 1. The Bertz CT molecular complexity index is 232. The zero-order chi connectivity index (χ0) is 13.1. The zero-order valence-electron chi connectivity index (χ0n) is 10.4. The number of urea groups is 1. The fourth-order valence-electron chi connectivity index (χ4n) is 1.24. The van der Waals surface area contributed by atoms with Crippen molar-refractivity contribution in [2.45, 2.75) is 20.3 Å². The summed E-state index contributed by atoms with van der Waals surface area (Å²) in [5.74, 6) is -1.13. The van der Waals surface area contributed by atoms with Gasteiger partial charge in [0.2, 0.25) is 0 Å². The van der Waals surface area contributed by atoms with Crippen molar-refractivity contribution in [3.05, 3.63) is 0 Å². The van der Waals surface area contributed by atoms with Gasteiger partial charge in [-0.3, -0.25) is 4.84 Å². The second kappa shape index (κ2) is 9.86. The minimum absolute atomic E-state index is 0.522. The molecule has 0 saturated heterocycles. The fourth-order valence-corrected chi connectivity index (χ4v) is 1.24. The molecule has 0 aromatic heterocycles. The van der Waals surface area contributed by atoms with Gasteiger partial charge >= 0.3 is 12.0 Å². The molecule has 7 heteroatoms. The lowest BCUT2D eigenvalue weighted by atomic mass is 10.3. The standard InChI is InChI=1S/C10H21N3O4/c1-3-13(4-2)7-5-6-11-10(16)12-17-8-9(14)15/h3-8H2,1-2H3,(H,14,15)(H2,11,12,16). The van der Waals surface area contributed by atoms with Crippen LogP contribution in [-0.2, 0) is 9.63 Å². The molecular formula is C10H21N3O4. The molecule has 0 aromatic rings. The quantitative estimate of drug-likeness (QED) is 0.395. The first-order chi connectivity index (χ1) is 8.10. The van der Waals surface area contributed by atoms with Gasteiger partial charge in [-0.25, -0.2) is 15.1 Å². The Balaban J connectivity index is 3.41. The van der Waals surface area contributed by atoms with Gasteiger partial charge in [0.15, 0.2) is 6.61 Å². The number of hydroxylamine groups is 1. The average molecular weight is 247 g/mol. The van der Waals surface area contributed by atoms with Gasteiger partial charge < -0.3 is 15.3 Å². The van der Waals surface area contributed by atoms with Gasteiger partial charge in [-0.1, -0.05) is 13.8 Å². The van der Waals surface area contributed by atoms with Gasteiger partial charge in [-0.05, 0) is 26.1 Å². The highest BCUT2D eigenvalue weighted by Crippen LogP contribution is 1.89.